The molecule has 0 aromatic heterocycles. The molecule has 27 heavy (non-hydrogen) atoms. The molecule has 0 aliphatic carbocycles. The van der Waals surface area contributed by atoms with Gasteiger partial charge in [0.25, 0.3) is 0 Å². The Labute approximate surface area is 183 Å². The number of likely N-dealkylation sites (tertiary alicyclic amines) is 1. The SMILES string of the molecule is CN=C(NCCCCC(C)C)N1CCN(CC(=O)N2CCCCC2)CC1.I. The van der Waals surface area contributed by atoms with Crippen LogP contribution in [0.1, 0.15) is 52.4 Å². The standard InChI is InChI=1S/C20H39N5O.HI/c1-18(2)9-5-6-10-22-20(21-3)25-15-13-23(14-16-25)17-19(26)24-11-7-4-8-12-24;/h18H,4-17H2,1-3H3,(H,21,22);1H. The first-order valence-electron chi connectivity index (χ1n) is 10.6. The Balaban J connectivity index is 0.00000364. The van der Waals surface area contributed by atoms with Crippen molar-refractivity contribution < 1.29 is 4.79 Å². The van der Waals surface area contributed by atoms with Gasteiger partial charge in [0, 0.05) is 52.9 Å². The highest BCUT2D eigenvalue weighted by molar-refractivity contribution is 14.0. The molecule has 0 aromatic carbocycles. The number of guanidine groups is 1. The number of nitrogens with one attached hydrogen (secondary N) is 1. The largest absolute Gasteiger partial charge is 0.356 e. The van der Waals surface area contributed by atoms with Crippen molar-refractivity contribution in [1.29, 1.82) is 0 Å². The van der Waals surface area contributed by atoms with Gasteiger partial charge in [-0.05, 0) is 31.6 Å². The number of hydrogen-bond acceptors (Lipinski definition) is 3. The molecule has 2 fully saturated rings. The third-order valence-corrected chi connectivity index (χ3v) is 5.44. The molecular formula is C20H40IN5O. The number of rotatable bonds is 7. The number of halogens is 1. The van der Waals surface area contributed by atoms with E-state index in [1.165, 1.54) is 38.5 Å². The number of carbonyl (C=O) groups is 1. The molecule has 2 aliphatic heterocycles. The van der Waals surface area contributed by atoms with Gasteiger partial charge in [-0.15, -0.1) is 24.0 Å². The van der Waals surface area contributed by atoms with Crippen LogP contribution in [0.15, 0.2) is 4.99 Å². The molecule has 2 rings (SSSR count). The number of nitrogens with zero attached hydrogens (tertiary/aromatic N) is 4. The van der Waals surface area contributed by atoms with E-state index >= 15 is 0 Å². The van der Waals surface area contributed by atoms with E-state index in [1.807, 2.05) is 11.9 Å². The van der Waals surface area contributed by atoms with Crippen LogP contribution in [-0.2, 0) is 4.79 Å². The highest BCUT2D eigenvalue weighted by Gasteiger charge is 2.23. The van der Waals surface area contributed by atoms with Crippen LogP contribution in [0.4, 0.5) is 0 Å². The first kappa shape index (κ1) is 24.5. The lowest BCUT2D eigenvalue weighted by atomic mass is 10.1. The van der Waals surface area contributed by atoms with E-state index in [0.717, 1.165) is 57.7 Å². The summed E-state index contributed by atoms with van der Waals surface area (Å²) in [5, 5.41) is 3.50. The lowest BCUT2D eigenvalue weighted by Gasteiger charge is -2.37. The maximum absolute atomic E-state index is 12.4. The van der Waals surface area contributed by atoms with Crippen molar-refractivity contribution in [3.8, 4) is 0 Å². The highest BCUT2D eigenvalue weighted by atomic mass is 127. The van der Waals surface area contributed by atoms with E-state index in [4.69, 9.17) is 0 Å². The molecule has 2 heterocycles. The number of carbonyl (C=O) groups excluding carboxylic acids is 1. The van der Waals surface area contributed by atoms with Gasteiger partial charge >= 0.3 is 0 Å². The maximum Gasteiger partial charge on any atom is 0.236 e. The summed E-state index contributed by atoms with van der Waals surface area (Å²) >= 11 is 0. The summed E-state index contributed by atoms with van der Waals surface area (Å²) in [6, 6.07) is 0. The summed E-state index contributed by atoms with van der Waals surface area (Å²) in [6.45, 7) is 11.8. The van der Waals surface area contributed by atoms with Crippen molar-refractivity contribution in [1.82, 2.24) is 20.0 Å². The van der Waals surface area contributed by atoms with Crippen LogP contribution < -0.4 is 5.32 Å². The van der Waals surface area contributed by atoms with Gasteiger partial charge in [0.1, 0.15) is 0 Å². The van der Waals surface area contributed by atoms with Gasteiger partial charge in [-0.2, -0.15) is 0 Å². The van der Waals surface area contributed by atoms with E-state index in [0.29, 0.717) is 12.5 Å². The monoisotopic (exact) mass is 493 g/mol. The third kappa shape index (κ3) is 8.98. The van der Waals surface area contributed by atoms with Crippen molar-refractivity contribution in [3.63, 3.8) is 0 Å². The number of unbranched alkanes of at least 4 members (excludes halogenated alkanes) is 1. The molecule has 0 bridgehead atoms. The second-order valence-electron chi connectivity index (χ2n) is 8.07. The van der Waals surface area contributed by atoms with Crippen molar-refractivity contribution in [2.24, 2.45) is 10.9 Å². The van der Waals surface area contributed by atoms with Gasteiger partial charge in [0.05, 0.1) is 6.54 Å². The van der Waals surface area contributed by atoms with Crippen LogP contribution in [0.2, 0.25) is 0 Å². The Bertz CT molecular complexity index is 444. The highest BCUT2D eigenvalue weighted by Crippen LogP contribution is 2.10. The molecule has 2 saturated heterocycles. The maximum atomic E-state index is 12.4. The van der Waals surface area contributed by atoms with Crippen molar-refractivity contribution in [2.75, 3.05) is 59.4 Å². The van der Waals surface area contributed by atoms with Gasteiger partial charge in [0.2, 0.25) is 5.91 Å². The molecule has 158 valence electrons. The summed E-state index contributed by atoms with van der Waals surface area (Å²) < 4.78 is 0. The van der Waals surface area contributed by atoms with Gasteiger partial charge in [0.15, 0.2) is 5.96 Å². The molecule has 1 amide bonds. The van der Waals surface area contributed by atoms with Gasteiger partial charge in [-0.3, -0.25) is 14.7 Å². The predicted molar refractivity (Wildman–Crippen MR) is 124 cm³/mol. The normalized spacial score (nSPS) is 19.2. The van der Waals surface area contributed by atoms with E-state index in [-0.39, 0.29) is 24.0 Å². The smallest absolute Gasteiger partial charge is 0.236 e. The topological polar surface area (TPSA) is 51.2 Å². The minimum Gasteiger partial charge on any atom is -0.356 e. The minimum absolute atomic E-state index is 0. The van der Waals surface area contributed by atoms with Crippen LogP contribution in [0.5, 0.6) is 0 Å². The Hall–Kier alpha value is -0.570. The van der Waals surface area contributed by atoms with Crippen LogP contribution in [0.3, 0.4) is 0 Å². The number of piperazine rings is 1. The summed E-state index contributed by atoms with van der Waals surface area (Å²) in [5.41, 5.74) is 0. The zero-order valence-corrected chi connectivity index (χ0v) is 19.9. The first-order chi connectivity index (χ1) is 12.6. The molecule has 2 aliphatic rings. The number of hydrogen-bond donors (Lipinski definition) is 1. The third-order valence-electron chi connectivity index (χ3n) is 5.44. The molecule has 0 radical (unpaired) electrons. The fourth-order valence-corrected chi connectivity index (χ4v) is 3.76. The Kier molecular flexibility index (Phi) is 12.3. The molecule has 0 saturated carbocycles. The summed E-state index contributed by atoms with van der Waals surface area (Å²) in [7, 11) is 1.86. The number of piperidine rings is 1. The second kappa shape index (κ2) is 13.6. The summed E-state index contributed by atoms with van der Waals surface area (Å²) in [5.74, 6) is 2.11. The minimum atomic E-state index is 0. The number of amides is 1. The molecule has 0 unspecified atom stereocenters. The fraction of sp³-hybridized carbons (Fsp3) is 0.900. The average Bonchev–Trinajstić information content (AvgIpc) is 2.66. The second-order valence-corrected chi connectivity index (χ2v) is 8.07. The molecule has 0 aromatic rings. The molecular weight excluding hydrogens is 453 g/mol. The lowest BCUT2D eigenvalue weighted by molar-refractivity contribution is -0.133. The van der Waals surface area contributed by atoms with Crippen molar-refractivity contribution in [3.05, 3.63) is 0 Å². The average molecular weight is 493 g/mol. The van der Waals surface area contributed by atoms with Gasteiger partial charge in [-0.25, -0.2) is 0 Å². The predicted octanol–water partition coefficient (Wildman–Crippen LogP) is 2.64. The molecule has 7 heteroatoms. The molecule has 1 N–H and O–H groups in total. The van der Waals surface area contributed by atoms with Crippen LogP contribution >= 0.6 is 24.0 Å². The molecule has 0 atom stereocenters. The summed E-state index contributed by atoms with van der Waals surface area (Å²) in [6.07, 6.45) is 7.36. The summed E-state index contributed by atoms with van der Waals surface area (Å²) in [4.78, 5) is 23.5. The fourth-order valence-electron chi connectivity index (χ4n) is 3.76. The van der Waals surface area contributed by atoms with E-state index in [1.54, 1.807) is 0 Å². The Morgan fingerprint density at radius 2 is 1.63 bits per heavy atom. The quantitative estimate of drug-likeness (QED) is 0.257. The zero-order valence-electron chi connectivity index (χ0n) is 17.6. The number of aliphatic imine (C=N–C) groups is 1. The van der Waals surface area contributed by atoms with Crippen LogP contribution in [0.25, 0.3) is 0 Å². The van der Waals surface area contributed by atoms with Gasteiger partial charge in [-0.1, -0.05) is 26.7 Å². The van der Waals surface area contributed by atoms with Crippen molar-refractivity contribution in [2.45, 2.75) is 52.4 Å². The molecule has 0 spiro atoms. The van der Waals surface area contributed by atoms with Crippen LogP contribution in [-0.4, -0.2) is 86.0 Å². The van der Waals surface area contributed by atoms with Gasteiger partial charge < -0.3 is 15.1 Å². The Morgan fingerprint density at radius 3 is 2.22 bits per heavy atom. The van der Waals surface area contributed by atoms with Crippen LogP contribution in [0, 0.1) is 5.92 Å². The van der Waals surface area contributed by atoms with E-state index < -0.39 is 0 Å². The first-order valence-corrected chi connectivity index (χ1v) is 10.6. The lowest BCUT2D eigenvalue weighted by Crippen LogP contribution is -2.54. The Morgan fingerprint density at radius 1 is 0.963 bits per heavy atom. The van der Waals surface area contributed by atoms with Crippen molar-refractivity contribution >= 4 is 35.8 Å². The van der Waals surface area contributed by atoms with E-state index in [9.17, 15) is 4.79 Å². The molecule has 6 nitrogen and oxygen atoms in total. The van der Waals surface area contributed by atoms with E-state index in [2.05, 4.69) is 34.0 Å². The zero-order chi connectivity index (χ0) is 18.8.